The summed E-state index contributed by atoms with van der Waals surface area (Å²) in [7, 11) is 0. The molecular weight excluding hydrogens is 816 g/mol. The van der Waals surface area contributed by atoms with Gasteiger partial charge in [0.2, 0.25) is 0 Å². The Kier molecular flexibility index (Phi) is 14.0. The Bertz CT molecular complexity index is 1630. The number of esters is 6. The zero-order chi connectivity index (χ0) is 43.8. The maximum atomic E-state index is 12.3. The van der Waals surface area contributed by atoms with Gasteiger partial charge in [-0.1, -0.05) is 0 Å². The van der Waals surface area contributed by atoms with Gasteiger partial charge in [0.25, 0.3) is 11.9 Å². The van der Waals surface area contributed by atoms with E-state index in [1.54, 1.807) is 6.92 Å². The van der Waals surface area contributed by atoms with E-state index in [9.17, 15) is 33.9 Å². The van der Waals surface area contributed by atoms with Gasteiger partial charge in [0.05, 0.1) is 6.61 Å². The molecule has 24 heteroatoms. The number of hydrogen-bond donors (Lipinski definition) is 1. The molecule has 0 spiro atoms. The summed E-state index contributed by atoms with van der Waals surface area (Å²) in [5.41, 5.74) is 0. The Morgan fingerprint density at radius 3 is 1.38 bits per heavy atom. The zero-order valence-corrected chi connectivity index (χ0v) is 34.2. The molecular formula is C36H50O24. The predicted octanol–water partition coefficient (Wildman–Crippen LogP) is -1.28. The Hall–Kier alpha value is -3.66. The smallest absolute Gasteiger partial charge is 0.303 e. The first-order valence-electron chi connectivity index (χ1n) is 19.1. The van der Waals surface area contributed by atoms with Gasteiger partial charge < -0.3 is 76.2 Å². The van der Waals surface area contributed by atoms with Crippen LogP contribution < -0.4 is 0 Å². The number of hydrogen-bond acceptors (Lipinski definition) is 24. The van der Waals surface area contributed by atoms with Crippen molar-refractivity contribution in [3.05, 3.63) is 0 Å². The van der Waals surface area contributed by atoms with Crippen molar-refractivity contribution in [2.75, 3.05) is 19.8 Å². The van der Waals surface area contributed by atoms with Crippen LogP contribution in [0.3, 0.4) is 0 Å². The van der Waals surface area contributed by atoms with Crippen LogP contribution in [0.1, 0.15) is 62.3 Å². The summed E-state index contributed by atoms with van der Waals surface area (Å²) in [5.74, 6) is -8.36. The first kappa shape index (κ1) is 45.9. The summed E-state index contributed by atoms with van der Waals surface area (Å²) in [4.78, 5) is 71.9. The molecule has 6 rings (SSSR count). The monoisotopic (exact) mass is 866 g/mol. The maximum Gasteiger partial charge on any atom is 0.303 e. The first-order valence-corrected chi connectivity index (χ1v) is 19.1. The number of ether oxygens (including phenoxy) is 17. The highest BCUT2D eigenvalue weighted by Gasteiger charge is 2.63. The molecule has 0 aromatic rings. The Balaban J connectivity index is 1.18. The molecule has 1 N–H and O–H groups in total. The Morgan fingerprint density at radius 1 is 0.483 bits per heavy atom. The number of rotatable bonds is 13. The average Bonchev–Trinajstić information content (AvgIpc) is 3.79. The molecule has 6 aliphatic rings. The number of carbonyl (C=O) groups excluding carboxylic acids is 6. The topological polar surface area (TPSA) is 280 Å². The van der Waals surface area contributed by atoms with E-state index in [4.69, 9.17) is 80.5 Å². The van der Waals surface area contributed by atoms with Crippen molar-refractivity contribution in [2.45, 2.75) is 173 Å². The Morgan fingerprint density at radius 2 is 0.917 bits per heavy atom. The van der Waals surface area contributed by atoms with Crippen LogP contribution in [0.4, 0.5) is 0 Å². The van der Waals surface area contributed by atoms with Gasteiger partial charge in [0.15, 0.2) is 61.8 Å². The third-order valence-electron chi connectivity index (χ3n) is 9.81. The fourth-order valence-corrected chi connectivity index (χ4v) is 7.62. The van der Waals surface area contributed by atoms with E-state index in [1.165, 1.54) is 27.7 Å². The summed E-state index contributed by atoms with van der Waals surface area (Å²) >= 11 is 0. The van der Waals surface area contributed by atoms with E-state index in [2.05, 4.69) is 0 Å². The van der Waals surface area contributed by atoms with Gasteiger partial charge in [-0.3, -0.25) is 38.2 Å². The van der Waals surface area contributed by atoms with E-state index in [-0.39, 0.29) is 0 Å². The lowest BCUT2D eigenvalue weighted by molar-refractivity contribution is -0.396. The summed E-state index contributed by atoms with van der Waals surface area (Å²) in [6.07, 6.45) is -19.9. The lowest BCUT2D eigenvalue weighted by Crippen LogP contribution is -2.61. The molecule has 6 saturated heterocycles. The van der Waals surface area contributed by atoms with Gasteiger partial charge in [-0.15, -0.1) is 0 Å². The number of fused-ring (bicyclic) bond motifs is 3. The van der Waals surface area contributed by atoms with Crippen LogP contribution in [0.25, 0.3) is 0 Å². The van der Waals surface area contributed by atoms with Gasteiger partial charge in [0.1, 0.15) is 49.8 Å². The van der Waals surface area contributed by atoms with E-state index in [1.807, 2.05) is 0 Å². The Labute approximate surface area is 342 Å². The highest BCUT2D eigenvalue weighted by Crippen LogP contribution is 2.44. The van der Waals surface area contributed by atoms with Crippen molar-refractivity contribution in [2.24, 2.45) is 0 Å². The lowest BCUT2D eigenvalue weighted by Gasteiger charge is -2.42. The van der Waals surface area contributed by atoms with Crippen molar-refractivity contribution in [1.82, 2.24) is 0 Å². The molecule has 0 amide bonds. The SMILES string of the molecule is CC(=O)OCC1O[C@@H]2OC(C)(OCC3O[C@H]4OC(C)O[C@H]4C(OC4(C)O[C@@H]5OC(COC(C)=O)[C@@H](OC(C)=O)[C@@H](OC(C)=O)[C@H]5O4)[C@H]3O)O[C@@H]2[C@H](OC(C)=O)[C@@H]1OC(C)=O. The third kappa shape index (κ3) is 10.5. The van der Waals surface area contributed by atoms with Crippen molar-refractivity contribution in [1.29, 1.82) is 0 Å². The van der Waals surface area contributed by atoms with Gasteiger partial charge in [-0.05, 0) is 6.92 Å². The highest BCUT2D eigenvalue weighted by atomic mass is 17.0. The molecule has 0 aliphatic carbocycles. The molecule has 0 bridgehead atoms. The largest absolute Gasteiger partial charge is 0.463 e. The van der Waals surface area contributed by atoms with E-state index >= 15 is 0 Å². The maximum absolute atomic E-state index is 12.3. The van der Waals surface area contributed by atoms with Gasteiger partial charge in [0, 0.05) is 55.4 Å². The average molecular weight is 867 g/mol. The third-order valence-corrected chi connectivity index (χ3v) is 9.81. The van der Waals surface area contributed by atoms with E-state index in [0.717, 1.165) is 27.7 Å². The molecule has 6 heterocycles. The molecule has 7 unspecified atom stereocenters. The minimum absolute atomic E-state index is 0.395. The molecule has 18 atom stereocenters. The molecule has 338 valence electrons. The van der Waals surface area contributed by atoms with Crippen molar-refractivity contribution in [3.8, 4) is 0 Å². The minimum Gasteiger partial charge on any atom is -0.463 e. The van der Waals surface area contributed by atoms with Crippen LogP contribution in [-0.2, 0) is 109 Å². The number of aliphatic hydroxyl groups excluding tert-OH is 1. The van der Waals surface area contributed by atoms with Gasteiger partial charge in [-0.25, -0.2) is 0 Å². The molecule has 24 nitrogen and oxygen atoms in total. The van der Waals surface area contributed by atoms with Crippen molar-refractivity contribution < 1.29 is 114 Å². The van der Waals surface area contributed by atoms with Crippen LogP contribution >= 0.6 is 0 Å². The van der Waals surface area contributed by atoms with Crippen molar-refractivity contribution in [3.63, 3.8) is 0 Å². The zero-order valence-electron chi connectivity index (χ0n) is 34.2. The normalized spacial score (nSPS) is 43.1. The molecule has 0 aromatic heterocycles. The van der Waals surface area contributed by atoms with Gasteiger partial charge >= 0.3 is 35.8 Å². The highest BCUT2D eigenvalue weighted by molar-refractivity contribution is 5.68. The summed E-state index contributed by atoms with van der Waals surface area (Å²) in [6, 6.07) is 0. The fraction of sp³-hybridized carbons (Fsp3) is 0.833. The van der Waals surface area contributed by atoms with Crippen molar-refractivity contribution >= 4 is 35.8 Å². The second-order valence-electron chi connectivity index (χ2n) is 14.8. The summed E-state index contributed by atoms with van der Waals surface area (Å²) in [5, 5.41) is 11.8. The van der Waals surface area contributed by atoms with Gasteiger partial charge in [-0.2, -0.15) is 0 Å². The molecule has 0 aromatic carbocycles. The fourth-order valence-electron chi connectivity index (χ4n) is 7.62. The standard InChI is InChI=1S/C36H50O24/c1-13(37)44-10-21-24(47-15(3)39)27(49-17(5)41)30-33(54-21)59-35(8,57-30)46-12-20-23(43)26(29-32(53-20)52-19(7)51-29)56-36(9)58-31-28(50-18(6)42)25(48-16(4)40)22(11-45-14(2)38)55-34(31)60-36/h19-34,43H,10-12H2,1-9H3/t19?,20?,21?,22?,23-,24+,25+,26?,27+,28+,29-,30+,31+,32+,33+,34-,35?,36?/m0/s1. The number of carbonyl (C=O) groups is 6. The molecule has 0 saturated carbocycles. The summed E-state index contributed by atoms with van der Waals surface area (Å²) in [6.45, 7) is 9.89. The minimum atomic E-state index is -2.07. The van der Waals surface area contributed by atoms with Crippen LogP contribution in [0.2, 0.25) is 0 Å². The van der Waals surface area contributed by atoms with Crippen LogP contribution in [0.15, 0.2) is 0 Å². The molecule has 6 aliphatic heterocycles. The molecule has 6 fully saturated rings. The van der Waals surface area contributed by atoms with Crippen LogP contribution in [0, 0.1) is 0 Å². The molecule has 60 heavy (non-hydrogen) atoms. The first-order chi connectivity index (χ1) is 28.1. The van der Waals surface area contributed by atoms with Crippen LogP contribution in [-0.4, -0.2) is 171 Å². The summed E-state index contributed by atoms with van der Waals surface area (Å²) < 4.78 is 98.5. The van der Waals surface area contributed by atoms with E-state index < -0.39 is 166 Å². The predicted molar refractivity (Wildman–Crippen MR) is 182 cm³/mol. The quantitative estimate of drug-likeness (QED) is 0.167. The lowest BCUT2D eigenvalue weighted by atomic mass is 9.98. The van der Waals surface area contributed by atoms with Crippen LogP contribution in [0.5, 0.6) is 0 Å². The number of aliphatic hydroxyl groups is 1. The second kappa shape index (κ2) is 18.4. The van der Waals surface area contributed by atoms with E-state index in [0.29, 0.717) is 0 Å². The molecule has 0 radical (unpaired) electrons. The second-order valence-corrected chi connectivity index (χ2v) is 14.8.